The van der Waals surface area contributed by atoms with E-state index in [2.05, 4.69) is 19.9 Å². The van der Waals surface area contributed by atoms with Crippen LogP contribution in [0.2, 0.25) is 15.5 Å². The smallest absolute Gasteiger partial charge is 0.234 e. The second-order valence-corrected chi connectivity index (χ2v) is 6.05. The predicted octanol–water partition coefficient (Wildman–Crippen LogP) is 3.60. The van der Waals surface area contributed by atoms with Gasteiger partial charge in [-0.05, 0) is 25.7 Å². The molecule has 124 valence electrons. The fraction of sp³-hybridized carbons (Fsp3) is 0.429. The number of ether oxygens (including phenoxy) is 1. The molecule has 0 amide bonds. The molecule has 0 spiro atoms. The Bertz CT molecular complexity index is 607. The van der Waals surface area contributed by atoms with E-state index in [4.69, 9.17) is 44.6 Å². The first-order valence-electron chi connectivity index (χ1n) is 6.98. The molecule has 0 aromatic carbocycles. The van der Waals surface area contributed by atoms with Crippen LogP contribution in [-0.4, -0.2) is 37.3 Å². The molecule has 2 aliphatic carbocycles. The second kappa shape index (κ2) is 9.17. The Morgan fingerprint density at radius 1 is 0.826 bits per heavy atom. The predicted molar refractivity (Wildman–Crippen MR) is 88.0 cm³/mol. The zero-order valence-corrected chi connectivity index (χ0v) is 14.3. The fourth-order valence-corrected chi connectivity index (χ4v) is 1.61. The summed E-state index contributed by atoms with van der Waals surface area (Å²) in [6.45, 7) is 0. The average Bonchev–Trinajstić information content (AvgIpc) is 3.39. The molecule has 2 aromatic rings. The molecule has 0 radical (unpaired) electrons. The van der Waals surface area contributed by atoms with Crippen molar-refractivity contribution < 1.29 is 9.84 Å². The van der Waals surface area contributed by atoms with Crippen LogP contribution in [0.5, 0.6) is 5.88 Å². The first-order chi connectivity index (χ1) is 11.0. The maximum atomic E-state index is 8.17. The highest BCUT2D eigenvalue weighted by Gasteiger charge is 2.24. The van der Waals surface area contributed by atoms with Crippen molar-refractivity contribution in [1.82, 2.24) is 19.9 Å². The van der Waals surface area contributed by atoms with Gasteiger partial charge in [0.25, 0.3) is 0 Å². The van der Waals surface area contributed by atoms with E-state index < -0.39 is 0 Å². The highest BCUT2D eigenvalue weighted by molar-refractivity contribution is 6.32. The molecule has 2 saturated carbocycles. The van der Waals surface area contributed by atoms with Gasteiger partial charge in [0.15, 0.2) is 5.15 Å². The lowest BCUT2D eigenvalue weighted by molar-refractivity contribution is 0.279. The summed E-state index contributed by atoms with van der Waals surface area (Å²) in [7, 11) is 0. The van der Waals surface area contributed by atoms with Crippen molar-refractivity contribution in [2.45, 2.75) is 37.9 Å². The summed E-state index contributed by atoms with van der Waals surface area (Å²) in [5, 5.41) is 9.18. The fourth-order valence-electron chi connectivity index (χ4n) is 1.13. The maximum absolute atomic E-state index is 8.17. The zero-order valence-electron chi connectivity index (χ0n) is 12.1. The Labute approximate surface area is 148 Å². The number of nitrogens with zero attached hydrogens (tertiary/aromatic N) is 4. The molecule has 0 atom stereocenters. The third kappa shape index (κ3) is 8.86. The monoisotopic (exact) mass is 376 g/mol. The Morgan fingerprint density at radius 2 is 1.30 bits per heavy atom. The van der Waals surface area contributed by atoms with Crippen LogP contribution >= 0.6 is 34.8 Å². The van der Waals surface area contributed by atoms with Gasteiger partial charge in [-0.25, -0.2) is 4.98 Å². The topological polar surface area (TPSA) is 81.0 Å². The van der Waals surface area contributed by atoms with Gasteiger partial charge in [0.2, 0.25) is 5.88 Å². The highest BCUT2D eigenvalue weighted by Crippen LogP contribution is 2.25. The SMILES string of the molecule is Clc1cncc(Cl)n1.Clc1cncc(OC2CC2)n1.OC1CC1. The standard InChI is InChI=1S/C7H7ClN2O.C4H2Cl2N2.C3H6O/c8-6-3-9-4-7(10-6)11-5-1-2-5;5-3-1-7-2-4(6)8-3;4-3-1-2-3/h3-5H,1-2H2;1-2H;3-4H,1-2H2. The van der Waals surface area contributed by atoms with Crippen LogP contribution in [0.4, 0.5) is 0 Å². The molecule has 9 heteroatoms. The minimum Gasteiger partial charge on any atom is -0.473 e. The van der Waals surface area contributed by atoms with E-state index in [1.165, 1.54) is 18.6 Å². The summed E-state index contributed by atoms with van der Waals surface area (Å²) in [6, 6.07) is 0. The molecule has 0 bridgehead atoms. The molecule has 2 fully saturated rings. The van der Waals surface area contributed by atoms with Crippen LogP contribution in [0, 0.1) is 0 Å². The Morgan fingerprint density at radius 3 is 1.65 bits per heavy atom. The van der Waals surface area contributed by atoms with Crippen LogP contribution in [0.3, 0.4) is 0 Å². The highest BCUT2D eigenvalue weighted by atomic mass is 35.5. The Hall–Kier alpha value is -1.21. The first-order valence-corrected chi connectivity index (χ1v) is 8.11. The van der Waals surface area contributed by atoms with E-state index in [9.17, 15) is 0 Å². The zero-order chi connectivity index (χ0) is 16.7. The van der Waals surface area contributed by atoms with E-state index in [-0.39, 0.29) is 6.10 Å². The first kappa shape index (κ1) is 18.1. The maximum Gasteiger partial charge on any atom is 0.234 e. The van der Waals surface area contributed by atoms with Crippen LogP contribution < -0.4 is 4.74 Å². The average molecular weight is 378 g/mol. The van der Waals surface area contributed by atoms with Crippen molar-refractivity contribution in [1.29, 1.82) is 0 Å². The molecule has 0 unspecified atom stereocenters. The Balaban J connectivity index is 0.000000140. The number of aromatic nitrogens is 4. The molecule has 23 heavy (non-hydrogen) atoms. The second-order valence-electron chi connectivity index (χ2n) is 4.89. The molecule has 2 aliphatic rings. The van der Waals surface area contributed by atoms with Gasteiger partial charge in [0, 0.05) is 0 Å². The van der Waals surface area contributed by atoms with Gasteiger partial charge < -0.3 is 9.84 Å². The third-order valence-corrected chi connectivity index (χ3v) is 3.06. The quantitative estimate of drug-likeness (QED) is 0.861. The molecule has 2 heterocycles. The number of hydrogen-bond donors (Lipinski definition) is 1. The molecule has 0 saturated heterocycles. The summed E-state index contributed by atoms with van der Waals surface area (Å²) in [5.74, 6) is 0.528. The van der Waals surface area contributed by atoms with E-state index in [0.717, 1.165) is 25.7 Å². The molecular formula is C14H15Cl3N4O2. The van der Waals surface area contributed by atoms with Gasteiger partial charge in [-0.1, -0.05) is 34.8 Å². The van der Waals surface area contributed by atoms with Crippen LogP contribution in [0.15, 0.2) is 24.8 Å². The van der Waals surface area contributed by atoms with Crippen molar-refractivity contribution in [3.63, 3.8) is 0 Å². The van der Waals surface area contributed by atoms with E-state index >= 15 is 0 Å². The largest absolute Gasteiger partial charge is 0.473 e. The van der Waals surface area contributed by atoms with Gasteiger partial charge in [-0.2, -0.15) is 4.98 Å². The molecule has 4 rings (SSSR count). The molecular weight excluding hydrogens is 363 g/mol. The summed E-state index contributed by atoms with van der Waals surface area (Å²) < 4.78 is 5.35. The van der Waals surface area contributed by atoms with Crippen molar-refractivity contribution in [3.8, 4) is 5.88 Å². The summed E-state index contributed by atoms with van der Waals surface area (Å²) in [5.41, 5.74) is 0. The normalized spacial score (nSPS) is 15.7. The third-order valence-electron chi connectivity index (χ3n) is 2.52. The van der Waals surface area contributed by atoms with E-state index in [1.54, 1.807) is 6.20 Å². The van der Waals surface area contributed by atoms with Crippen LogP contribution in [-0.2, 0) is 0 Å². The molecule has 6 nitrogen and oxygen atoms in total. The number of hydrogen-bond acceptors (Lipinski definition) is 6. The molecule has 2 aromatic heterocycles. The lowest BCUT2D eigenvalue weighted by atomic mass is 10.7. The number of aliphatic hydroxyl groups excluding tert-OH is 1. The lowest BCUT2D eigenvalue weighted by Crippen LogP contribution is -1.98. The molecule has 1 N–H and O–H groups in total. The number of aliphatic hydroxyl groups is 1. The van der Waals surface area contributed by atoms with Gasteiger partial charge >= 0.3 is 0 Å². The minimum absolute atomic E-state index is 0.0833. The van der Waals surface area contributed by atoms with Gasteiger partial charge in [-0.3, -0.25) is 9.97 Å². The van der Waals surface area contributed by atoms with Gasteiger partial charge in [0.05, 0.1) is 30.9 Å². The van der Waals surface area contributed by atoms with E-state index in [1.807, 2.05) is 0 Å². The number of rotatable bonds is 2. The Kier molecular flexibility index (Phi) is 7.23. The summed E-state index contributed by atoms with van der Waals surface area (Å²) in [4.78, 5) is 15.1. The van der Waals surface area contributed by atoms with Crippen molar-refractivity contribution in [2.24, 2.45) is 0 Å². The van der Waals surface area contributed by atoms with Crippen molar-refractivity contribution in [2.75, 3.05) is 0 Å². The van der Waals surface area contributed by atoms with Gasteiger partial charge in [-0.15, -0.1) is 0 Å². The molecule has 0 aliphatic heterocycles. The van der Waals surface area contributed by atoms with Crippen LogP contribution in [0.1, 0.15) is 25.7 Å². The van der Waals surface area contributed by atoms with E-state index in [0.29, 0.717) is 27.4 Å². The lowest BCUT2D eigenvalue weighted by Gasteiger charge is -2.00. The summed E-state index contributed by atoms with van der Waals surface area (Å²) >= 11 is 16.4. The minimum atomic E-state index is 0.0833. The number of halogens is 3. The van der Waals surface area contributed by atoms with Gasteiger partial charge in [0.1, 0.15) is 16.4 Å². The van der Waals surface area contributed by atoms with Crippen molar-refractivity contribution >= 4 is 34.8 Å². The summed E-state index contributed by atoms with van der Waals surface area (Å²) in [6.07, 6.45) is 10.7. The van der Waals surface area contributed by atoms with Crippen molar-refractivity contribution in [3.05, 3.63) is 40.2 Å². The van der Waals surface area contributed by atoms with Crippen LogP contribution in [0.25, 0.3) is 0 Å².